The molecule has 16 heavy (non-hydrogen) atoms. The van der Waals surface area contributed by atoms with Crippen molar-refractivity contribution in [3.63, 3.8) is 0 Å². The predicted molar refractivity (Wildman–Crippen MR) is 68.1 cm³/mol. The zero-order valence-electron chi connectivity index (χ0n) is 9.80. The van der Waals surface area contributed by atoms with Gasteiger partial charge in [0.2, 0.25) is 0 Å². The highest BCUT2D eigenvalue weighted by molar-refractivity contribution is 7.99. The molecule has 6 heteroatoms. The van der Waals surface area contributed by atoms with Crippen LogP contribution in [0.1, 0.15) is 33.1 Å². The minimum absolute atomic E-state index is 0. The smallest absolute Gasteiger partial charge is 0.178 e. The zero-order valence-corrected chi connectivity index (χ0v) is 11.4. The van der Waals surface area contributed by atoms with Crippen LogP contribution in [0.5, 0.6) is 0 Å². The maximum absolute atomic E-state index is 9.57. The summed E-state index contributed by atoms with van der Waals surface area (Å²) >= 11 is 1.86. The van der Waals surface area contributed by atoms with Crippen molar-refractivity contribution in [2.24, 2.45) is 0 Å². The Morgan fingerprint density at radius 2 is 2.06 bits per heavy atom. The number of nitrogens with zero attached hydrogens (tertiary/aromatic N) is 1. The molecular formula is C10H22ClNO3S. The van der Waals surface area contributed by atoms with Crippen molar-refractivity contribution in [1.82, 2.24) is 5.06 Å². The van der Waals surface area contributed by atoms with Gasteiger partial charge in [-0.05, 0) is 23.8 Å². The molecule has 0 aromatic heterocycles. The van der Waals surface area contributed by atoms with Crippen LogP contribution in [-0.4, -0.2) is 49.9 Å². The van der Waals surface area contributed by atoms with Crippen LogP contribution >= 0.6 is 24.2 Å². The Morgan fingerprint density at radius 3 is 2.56 bits per heavy atom. The van der Waals surface area contributed by atoms with Crippen molar-refractivity contribution in [2.75, 3.05) is 12.3 Å². The van der Waals surface area contributed by atoms with Crippen LogP contribution in [0, 0.1) is 0 Å². The third-order valence-corrected chi connectivity index (χ3v) is 3.75. The van der Waals surface area contributed by atoms with E-state index in [9.17, 15) is 15.4 Å². The van der Waals surface area contributed by atoms with Gasteiger partial charge in [0, 0.05) is 12.5 Å². The second-order valence-corrected chi connectivity index (χ2v) is 6.17. The van der Waals surface area contributed by atoms with E-state index >= 15 is 0 Å². The number of rotatable bonds is 4. The molecule has 98 valence electrons. The SMILES string of the molecule is CC(C)SCCC1CCC(O)(O)CN1O.Cl. The number of hydrogen-bond donors (Lipinski definition) is 3. The van der Waals surface area contributed by atoms with E-state index in [1.807, 2.05) is 11.8 Å². The minimum atomic E-state index is -1.71. The number of β-amino-alcohol motifs (C(OH)–C–C–N with tert-alkyl or cyclic N) is 2. The van der Waals surface area contributed by atoms with Gasteiger partial charge in [0.15, 0.2) is 5.79 Å². The minimum Gasteiger partial charge on any atom is -0.364 e. The Labute approximate surface area is 107 Å². The van der Waals surface area contributed by atoms with E-state index in [1.54, 1.807) is 0 Å². The highest BCUT2D eigenvalue weighted by atomic mass is 35.5. The quantitative estimate of drug-likeness (QED) is 0.676. The molecule has 0 radical (unpaired) electrons. The molecule has 1 aliphatic heterocycles. The van der Waals surface area contributed by atoms with Gasteiger partial charge in [-0.15, -0.1) is 12.4 Å². The standard InChI is InChI=1S/C10H21NO3S.ClH/c1-8(2)15-6-4-9-3-5-10(12,13)7-11(9)14;/h8-9,12-14H,3-7H2,1-2H3;1H. The molecule has 4 nitrogen and oxygen atoms in total. The lowest BCUT2D eigenvalue weighted by Crippen LogP contribution is -2.51. The maximum Gasteiger partial charge on any atom is 0.178 e. The fourth-order valence-electron chi connectivity index (χ4n) is 1.75. The van der Waals surface area contributed by atoms with Crippen LogP contribution in [0.4, 0.5) is 0 Å². The van der Waals surface area contributed by atoms with Gasteiger partial charge in [-0.1, -0.05) is 13.8 Å². The molecule has 0 spiro atoms. The van der Waals surface area contributed by atoms with Gasteiger partial charge < -0.3 is 15.4 Å². The molecule has 0 amide bonds. The van der Waals surface area contributed by atoms with E-state index in [4.69, 9.17) is 0 Å². The number of halogens is 1. The molecule has 3 N–H and O–H groups in total. The Balaban J connectivity index is 0.00000225. The van der Waals surface area contributed by atoms with Crippen LogP contribution in [0.2, 0.25) is 0 Å². The Bertz CT molecular complexity index is 205. The molecule has 1 fully saturated rings. The topological polar surface area (TPSA) is 63.9 Å². The second kappa shape index (κ2) is 7.03. The number of hydrogen-bond acceptors (Lipinski definition) is 5. The van der Waals surface area contributed by atoms with Gasteiger partial charge in [-0.3, -0.25) is 0 Å². The van der Waals surface area contributed by atoms with Crippen molar-refractivity contribution >= 4 is 24.2 Å². The number of thioether (sulfide) groups is 1. The van der Waals surface area contributed by atoms with Gasteiger partial charge in [-0.25, -0.2) is 0 Å². The van der Waals surface area contributed by atoms with E-state index in [0.717, 1.165) is 17.2 Å². The number of aliphatic hydroxyl groups is 2. The molecule has 1 unspecified atom stereocenters. The summed E-state index contributed by atoms with van der Waals surface area (Å²) in [4.78, 5) is 0. The number of piperidine rings is 1. The molecule has 0 bridgehead atoms. The summed E-state index contributed by atoms with van der Waals surface area (Å²) < 4.78 is 0. The first-order valence-electron chi connectivity index (χ1n) is 5.42. The van der Waals surface area contributed by atoms with Crippen molar-refractivity contribution in [1.29, 1.82) is 0 Å². The summed E-state index contributed by atoms with van der Waals surface area (Å²) in [5, 5.41) is 29.9. The fraction of sp³-hybridized carbons (Fsp3) is 1.00. The average Bonchev–Trinajstić information content (AvgIpc) is 2.07. The normalized spacial score (nSPS) is 25.5. The summed E-state index contributed by atoms with van der Waals surface area (Å²) in [6, 6.07) is 0.0728. The highest BCUT2D eigenvalue weighted by Crippen LogP contribution is 2.25. The maximum atomic E-state index is 9.57. The monoisotopic (exact) mass is 271 g/mol. The molecule has 1 rings (SSSR count). The third kappa shape index (κ3) is 5.70. The van der Waals surface area contributed by atoms with Crippen LogP contribution in [0.3, 0.4) is 0 Å². The summed E-state index contributed by atoms with van der Waals surface area (Å²) in [6.45, 7) is 4.23. The van der Waals surface area contributed by atoms with Gasteiger partial charge in [0.1, 0.15) is 0 Å². The first-order valence-corrected chi connectivity index (χ1v) is 6.47. The molecule has 1 saturated heterocycles. The van der Waals surface area contributed by atoms with Crippen molar-refractivity contribution < 1.29 is 15.4 Å². The van der Waals surface area contributed by atoms with E-state index in [2.05, 4.69) is 13.8 Å². The largest absolute Gasteiger partial charge is 0.364 e. The molecule has 0 aromatic carbocycles. The lowest BCUT2D eigenvalue weighted by molar-refractivity contribution is -0.265. The van der Waals surface area contributed by atoms with E-state index < -0.39 is 5.79 Å². The Hall–Kier alpha value is 0.480. The van der Waals surface area contributed by atoms with Crippen LogP contribution in [0.25, 0.3) is 0 Å². The molecule has 0 saturated carbocycles. The van der Waals surface area contributed by atoms with Crippen molar-refractivity contribution in [3.8, 4) is 0 Å². The predicted octanol–water partition coefficient (Wildman–Crippen LogP) is 1.47. The second-order valence-electron chi connectivity index (χ2n) is 4.48. The van der Waals surface area contributed by atoms with E-state index in [-0.39, 0.29) is 25.0 Å². The van der Waals surface area contributed by atoms with E-state index in [1.165, 1.54) is 0 Å². The molecule has 0 aliphatic carbocycles. The summed E-state index contributed by atoms with van der Waals surface area (Å²) in [5.74, 6) is -0.709. The Morgan fingerprint density at radius 1 is 1.44 bits per heavy atom. The van der Waals surface area contributed by atoms with Crippen LogP contribution < -0.4 is 0 Å². The average molecular weight is 272 g/mol. The van der Waals surface area contributed by atoms with Crippen molar-refractivity contribution in [3.05, 3.63) is 0 Å². The van der Waals surface area contributed by atoms with Gasteiger partial charge in [-0.2, -0.15) is 16.8 Å². The zero-order chi connectivity index (χ0) is 11.5. The molecule has 1 atom stereocenters. The van der Waals surface area contributed by atoms with Crippen LogP contribution in [-0.2, 0) is 0 Å². The molecule has 0 aromatic rings. The fourth-order valence-corrected chi connectivity index (χ4v) is 2.63. The molecule has 1 heterocycles. The lowest BCUT2D eigenvalue weighted by atomic mass is 9.98. The molecular weight excluding hydrogens is 250 g/mol. The first-order chi connectivity index (χ1) is 6.91. The van der Waals surface area contributed by atoms with Crippen LogP contribution in [0.15, 0.2) is 0 Å². The first kappa shape index (κ1) is 16.5. The van der Waals surface area contributed by atoms with Crippen molar-refractivity contribution in [2.45, 2.75) is 50.2 Å². The summed E-state index contributed by atoms with van der Waals surface area (Å²) in [5.41, 5.74) is 0. The van der Waals surface area contributed by atoms with E-state index in [0.29, 0.717) is 18.1 Å². The summed E-state index contributed by atoms with van der Waals surface area (Å²) in [6.07, 6.45) is 1.89. The van der Waals surface area contributed by atoms with Gasteiger partial charge >= 0.3 is 0 Å². The Kier molecular flexibility index (Phi) is 7.25. The van der Waals surface area contributed by atoms with Gasteiger partial charge in [0.05, 0.1) is 6.54 Å². The lowest BCUT2D eigenvalue weighted by Gasteiger charge is -2.37. The number of hydroxylamine groups is 2. The van der Waals surface area contributed by atoms with Gasteiger partial charge in [0.25, 0.3) is 0 Å². The summed E-state index contributed by atoms with van der Waals surface area (Å²) in [7, 11) is 0. The molecule has 1 aliphatic rings. The highest BCUT2D eigenvalue weighted by Gasteiger charge is 2.35. The third-order valence-electron chi connectivity index (χ3n) is 2.62.